The van der Waals surface area contributed by atoms with Crippen LogP contribution in [0.15, 0.2) is 16.7 Å². The first kappa shape index (κ1) is 14.5. The van der Waals surface area contributed by atoms with Crippen molar-refractivity contribution in [3.8, 4) is 0 Å². The van der Waals surface area contributed by atoms with Gasteiger partial charge in [-0.25, -0.2) is 4.98 Å². The third-order valence-electron chi connectivity index (χ3n) is 3.20. The van der Waals surface area contributed by atoms with Crippen LogP contribution in [0.2, 0.25) is 0 Å². The molecule has 2 nitrogen and oxygen atoms in total. The zero-order chi connectivity index (χ0) is 13.0. The number of pyridine rings is 1. The van der Waals surface area contributed by atoms with Crippen molar-refractivity contribution in [1.29, 1.82) is 0 Å². The van der Waals surface area contributed by atoms with E-state index in [1.807, 2.05) is 13.1 Å². The van der Waals surface area contributed by atoms with Crippen molar-refractivity contribution in [2.24, 2.45) is 17.8 Å². The van der Waals surface area contributed by atoms with Gasteiger partial charge in [0.15, 0.2) is 0 Å². The van der Waals surface area contributed by atoms with Gasteiger partial charge in [0.2, 0.25) is 0 Å². The molecule has 0 bridgehead atoms. The molecule has 17 heavy (non-hydrogen) atoms. The first-order valence-electron chi connectivity index (χ1n) is 6.27. The van der Waals surface area contributed by atoms with E-state index in [0.717, 1.165) is 16.8 Å². The minimum Gasteiger partial charge on any atom is -0.369 e. The van der Waals surface area contributed by atoms with Crippen LogP contribution >= 0.6 is 15.9 Å². The van der Waals surface area contributed by atoms with Crippen LogP contribution in [0, 0.1) is 24.7 Å². The Kier molecular flexibility index (Phi) is 5.44. The van der Waals surface area contributed by atoms with E-state index in [4.69, 9.17) is 0 Å². The molecule has 0 aliphatic rings. The number of hydrogen-bond acceptors (Lipinski definition) is 2. The number of rotatable bonds is 5. The van der Waals surface area contributed by atoms with Gasteiger partial charge in [-0.05, 0) is 52.2 Å². The average Bonchev–Trinajstić information content (AvgIpc) is 2.20. The highest BCUT2D eigenvalue weighted by molar-refractivity contribution is 9.10. The van der Waals surface area contributed by atoms with Gasteiger partial charge >= 0.3 is 0 Å². The summed E-state index contributed by atoms with van der Waals surface area (Å²) in [4.78, 5) is 4.41. The smallest absolute Gasteiger partial charge is 0.140 e. The molecule has 1 aromatic heterocycles. The first-order valence-corrected chi connectivity index (χ1v) is 7.07. The topological polar surface area (TPSA) is 24.9 Å². The van der Waals surface area contributed by atoms with E-state index >= 15 is 0 Å². The van der Waals surface area contributed by atoms with Crippen molar-refractivity contribution >= 4 is 21.7 Å². The Balaban J connectivity index is 2.65. The number of hydrogen-bond donors (Lipinski definition) is 1. The van der Waals surface area contributed by atoms with Crippen molar-refractivity contribution in [1.82, 2.24) is 4.98 Å². The SMILES string of the molecule is Cc1cnc(NCC(C(C)C)C(C)C)c(Br)c1. The van der Waals surface area contributed by atoms with Crippen molar-refractivity contribution in [3.05, 3.63) is 22.3 Å². The third kappa shape index (κ3) is 4.30. The Morgan fingerprint density at radius 3 is 2.29 bits per heavy atom. The molecule has 0 amide bonds. The summed E-state index contributed by atoms with van der Waals surface area (Å²) in [7, 11) is 0. The normalized spacial score (nSPS) is 11.6. The van der Waals surface area contributed by atoms with Crippen LogP contribution in [0.3, 0.4) is 0 Å². The molecule has 0 atom stereocenters. The summed E-state index contributed by atoms with van der Waals surface area (Å²) in [5.41, 5.74) is 1.17. The Bertz CT molecular complexity index is 353. The molecular formula is C14H23BrN2. The zero-order valence-corrected chi connectivity index (χ0v) is 13.0. The fraction of sp³-hybridized carbons (Fsp3) is 0.643. The maximum absolute atomic E-state index is 4.41. The minimum absolute atomic E-state index is 0.671. The zero-order valence-electron chi connectivity index (χ0n) is 11.4. The highest BCUT2D eigenvalue weighted by Crippen LogP contribution is 2.24. The monoisotopic (exact) mass is 298 g/mol. The molecule has 0 aliphatic carbocycles. The second-order valence-corrected chi connectivity index (χ2v) is 6.23. The van der Waals surface area contributed by atoms with Crippen molar-refractivity contribution in [2.45, 2.75) is 34.6 Å². The summed E-state index contributed by atoms with van der Waals surface area (Å²) >= 11 is 3.55. The maximum Gasteiger partial charge on any atom is 0.140 e. The third-order valence-corrected chi connectivity index (χ3v) is 3.80. The highest BCUT2D eigenvalue weighted by Gasteiger charge is 2.17. The van der Waals surface area contributed by atoms with Gasteiger partial charge in [-0.3, -0.25) is 0 Å². The van der Waals surface area contributed by atoms with Crippen LogP contribution in [0.4, 0.5) is 5.82 Å². The van der Waals surface area contributed by atoms with E-state index in [2.05, 4.69) is 60.0 Å². The highest BCUT2D eigenvalue weighted by atomic mass is 79.9. The summed E-state index contributed by atoms with van der Waals surface area (Å²) in [5, 5.41) is 3.44. The minimum atomic E-state index is 0.671. The van der Waals surface area contributed by atoms with Crippen LogP contribution in [-0.2, 0) is 0 Å². The molecule has 1 rings (SSSR count). The van der Waals surface area contributed by atoms with Crippen LogP contribution < -0.4 is 5.32 Å². The standard InChI is InChI=1S/C14H23BrN2/c1-9(2)12(10(3)4)8-17-14-13(15)6-11(5)7-16-14/h6-7,9-10,12H,8H2,1-5H3,(H,16,17). The molecule has 0 aliphatic heterocycles. The number of nitrogens with zero attached hydrogens (tertiary/aromatic N) is 1. The molecule has 0 saturated heterocycles. The number of aryl methyl sites for hydroxylation is 1. The van der Waals surface area contributed by atoms with Gasteiger partial charge in [-0.15, -0.1) is 0 Å². The summed E-state index contributed by atoms with van der Waals surface area (Å²) in [6, 6.07) is 2.09. The van der Waals surface area contributed by atoms with E-state index in [9.17, 15) is 0 Å². The predicted octanol–water partition coefficient (Wildman–Crippen LogP) is 4.49. The van der Waals surface area contributed by atoms with Crippen LogP contribution in [0.5, 0.6) is 0 Å². The maximum atomic E-state index is 4.41. The van der Waals surface area contributed by atoms with Crippen molar-refractivity contribution in [2.75, 3.05) is 11.9 Å². The summed E-state index contributed by atoms with van der Waals surface area (Å²) in [6.07, 6.45) is 1.90. The van der Waals surface area contributed by atoms with Crippen LogP contribution in [0.25, 0.3) is 0 Å². The van der Waals surface area contributed by atoms with E-state index < -0.39 is 0 Å². The Labute approximate surface area is 113 Å². The summed E-state index contributed by atoms with van der Waals surface area (Å²) < 4.78 is 1.05. The summed E-state index contributed by atoms with van der Waals surface area (Å²) in [6.45, 7) is 12.2. The van der Waals surface area contributed by atoms with E-state index in [0.29, 0.717) is 17.8 Å². The lowest BCUT2D eigenvalue weighted by Crippen LogP contribution is -2.25. The van der Waals surface area contributed by atoms with Crippen LogP contribution in [0.1, 0.15) is 33.3 Å². The molecule has 0 saturated carbocycles. The lowest BCUT2D eigenvalue weighted by Gasteiger charge is -2.25. The second-order valence-electron chi connectivity index (χ2n) is 5.38. The number of anilines is 1. The molecule has 1 N–H and O–H groups in total. The molecule has 0 radical (unpaired) electrons. The van der Waals surface area contributed by atoms with Gasteiger partial charge in [-0.1, -0.05) is 27.7 Å². The van der Waals surface area contributed by atoms with Gasteiger partial charge in [0.1, 0.15) is 5.82 Å². The molecule has 96 valence electrons. The quantitative estimate of drug-likeness (QED) is 0.866. The van der Waals surface area contributed by atoms with Gasteiger partial charge < -0.3 is 5.32 Å². The number of aromatic nitrogens is 1. The predicted molar refractivity (Wildman–Crippen MR) is 78.3 cm³/mol. The molecule has 3 heteroatoms. The lowest BCUT2D eigenvalue weighted by atomic mass is 9.85. The van der Waals surface area contributed by atoms with E-state index in [1.165, 1.54) is 5.56 Å². The first-order chi connectivity index (χ1) is 7.91. The Morgan fingerprint density at radius 1 is 1.24 bits per heavy atom. The van der Waals surface area contributed by atoms with Crippen molar-refractivity contribution in [3.63, 3.8) is 0 Å². The molecule has 1 aromatic rings. The number of nitrogens with one attached hydrogen (secondary N) is 1. The van der Waals surface area contributed by atoms with Gasteiger partial charge in [0.25, 0.3) is 0 Å². The molecule has 0 aromatic carbocycles. The van der Waals surface area contributed by atoms with E-state index in [1.54, 1.807) is 0 Å². The van der Waals surface area contributed by atoms with E-state index in [-0.39, 0.29) is 0 Å². The molecule has 1 heterocycles. The largest absolute Gasteiger partial charge is 0.369 e. The molecule has 0 unspecified atom stereocenters. The Morgan fingerprint density at radius 2 is 1.82 bits per heavy atom. The van der Waals surface area contributed by atoms with Crippen molar-refractivity contribution < 1.29 is 0 Å². The average molecular weight is 299 g/mol. The lowest BCUT2D eigenvalue weighted by molar-refractivity contribution is 0.304. The van der Waals surface area contributed by atoms with Gasteiger partial charge in [0, 0.05) is 12.7 Å². The molecule has 0 spiro atoms. The fourth-order valence-electron chi connectivity index (χ4n) is 2.12. The fourth-order valence-corrected chi connectivity index (χ4v) is 2.72. The van der Waals surface area contributed by atoms with Crippen LogP contribution in [-0.4, -0.2) is 11.5 Å². The summed E-state index contributed by atoms with van der Waals surface area (Å²) in [5.74, 6) is 2.99. The van der Waals surface area contributed by atoms with Gasteiger partial charge in [-0.2, -0.15) is 0 Å². The number of halogens is 1. The second kappa shape index (κ2) is 6.39. The molecular weight excluding hydrogens is 276 g/mol. The molecule has 0 fully saturated rings. The Hall–Kier alpha value is -0.570. The van der Waals surface area contributed by atoms with Gasteiger partial charge in [0.05, 0.1) is 4.47 Å².